The van der Waals surface area contributed by atoms with Crippen molar-refractivity contribution in [1.82, 2.24) is 14.9 Å². The fourth-order valence-corrected chi connectivity index (χ4v) is 3.80. The summed E-state index contributed by atoms with van der Waals surface area (Å²) in [5.74, 6) is -1.39. The maximum absolute atomic E-state index is 13.3. The molecule has 1 aliphatic heterocycles. The lowest BCUT2D eigenvalue weighted by Crippen LogP contribution is -2.36. The van der Waals surface area contributed by atoms with Crippen molar-refractivity contribution in [3.63, 3.8) is 0 Å². The molecular weight excluding hydrogens is 396 g/mol. The molecule has 31 heavy (non-hydrogen) atoms. The van der Waals surface area contributed by atoms with Gasteiger partial charge in [-0.3, -0.25) is 19.6 Å². The highest BCUT2D eigenvalue weighted by molar-refractivity contribution is 6.46. The smallest absolute Gasteiger partial charge is 0.295 e. The molecule has 158 valence electrons. The number of H-pyrrole nitrogens is 1. The number of likely N-dealkylation sites (tertiary alicyclic amines) is 1. The van der Waals surface area contributed by atoms with Crippen LogP contribution in [0.5, 0.6) is 5.75 Å². The minimum Gasteiger partial charge on any atom is -0.872 e. The van der Waals surface area contributed by atoms with Crippen molar-refractivity contribution >= 4 is 17.4 Å². The van der Waals surface area contributed by atoms with E-state index in [0.29, 0.717) is 36.4 Å². The number of methoxy groups -OCH3 is 1. The van der Waals surface area contributed by atoms with Crippen LogP contribution < -0.4 is 14.4 Å². The lowest BCUT2D eigenvalue weighted by atomic mass is 9.96. The normalized spacial score (nSPS) is 17.8. The summed E-state index contributed by atoms with van der Waals surface area (Å²) in [7, 11) is 1.50. The van der Waals surface area contributed by atoms with E-state index in [1.54, 1.807) is 48.8 Å². The molecule has 1 atom stereocenters. The van der Waals surface area contributed by atoms with Crippen LogP contribution in [0.3, 0.4) is 0 Å². The number of nitrogens with zero attached hydrogens (tertiary/aromatic N) is 3. The third kappa shape index (κ3) is 4.05. The van der Waals surface area contributed by atoms with Gasteiger partial charge < -0.3 is 14.7 Å². The quantitative estimate of drug-likeness (QED) is 0.267. The maximum atomic E-state index is 13.3. The minimum absolute atomic E-state index is 0.0428. The number of ether oxygens (including phenoxy) is 1. The van der Waals surface area contributed by atoms with Gasteiger partial charge in [0.15, 0.2) is 0 Å². The van der Waals surface area contributed by atoms with E-state index in [4.69, 9.17) is 4.74 Å². The Balaban J connectivity index is 1.72. The molecule has 0 bridgehead atoms. The summed E-state index contributed by atoms with van der Waals surface area (Å²) in [6, 6.07) is 9.28. The number of amides is 1. The standard InChI is InChI=1S/C23H22N4O4/c1-31-18-5-2-4-17(14-18)21(28)19-20(16-6-8-24-9-7-16)27(23(30)22(19)29)12-3-11-26-13-10-25-15-26/h2,4-10,13-15,20H,3,11-12H2,1H3,(H,28,29). The SMILES string of the molecule is COc1cccc(C([O-])=C2C(=O)C(=O)N(CCC[n+]3cc[nH]c3)C2c2ccncc2)c1. The Bertz CT molecular complexity index is 1110. The molecule has 1 aromatic carbocycles. The number of imidazole rings is 1. The Labute approximate surface area is 179 Å². The summed E-state index contributed by atoms with van der Waals surface area (Å²) in [6.07, 6.45) is 9.32. The number of pyridine rings is 1. The number of carbonyl (C=O) groups excluding carboxylic acids is 2. The molecule has 1 saturated heterocycles. The van der Waals surface area contributed by atoms with Crippen LogP contribution >= 0.6 is 0 Å². The van der Waals surface area contributed by atoms with E-state index in [0.717, 1.165) is 0 Å². The molecule has 4 rings (SSSR count). The summed E-state index contributed by atoms with van der Waals surface area (Å²) in [4.78, 5) is 34.3. The molecule has 1 N–H and O–H groups in total. The van der Waals surface area contributed by atoms with Gasteiger partial charge in [0, 0.05) is 30.9 Å². The van der Waals surface area contributed by atoms with E-state index >= 15 is 0 Å². The van der Waals surface area contributed by atoms with Crippen LogP contribution in [0.1, 0.15) is 23.6 Å². The molecular formula is C23H22N4O4. The number of rotatable bonds is 7. The van der Waals surface area contributed by atoms with Crippen molar-refractivity contribution in [2.75, 3.05) is 13.7 Å². The van der Waals surface area contributed by atoms with Crippen LogP contribution in [0.15, 0.2) is 73.1 Å². The monoisotopic (exact) mass is 418 g/mol. The molecule has 0 spiro atoms. The fraction of sp³-hybridized carbons (Fsp3) is 0.217. The molecule has 0 radical (unpaired) electrons. The first-order chi connectivity index (χ1) is 15.1. The zero-order valence-corrected chi connectivity index (χ0v) is 17.0. The molecule has 8 heteroatoms. The highest BCUT2D eigenvalue weighted by Crippen LogP contribution is 2.38. The van der Waals surface area contributed by atoms with E-state index in [1.165, 1.54) is 12.0 Å². The number of ketones is 1. The second-order valence-corrected chi connectivity index (χ2v) is 7.19. The highest BCUT2D eigenvalue weighted by Gasteiger charge is 2.43. The lowest BCUT2D eigenvalue weighted by Gasteiger charge is -2.27. The Morgan fingerprint density at radius 1 is 1.26 bits per heavy atom. The van der Waals surface area contributed by atoms with Gasteiger partial charge in [0.2, 0.25) is 12.1 Å². The Kier molecular flexibility index (Phi) is 5.79. The first-order valence-electron chi connectivity index (χ1n) is 9.93. The number of nitrogens with one attached hydrogen (secondary N) is 1. The number of aromatic amines is 1. The molecule has 1 aliphatic rings. The number of aryl methyl sites for hydroxylation is 1. The van der Waals surface area contributed by atoms with Gasteiger partial charge in [0.1, 0.15) is 18.1 Å². The topological polar surface area (TPSA) is 102 Å². The molecule has 1 amide bonds. The highest BCUT2D eigenvalue weighted by atomic mass is 16.5. The van der Waals surface area contributed by atoms with Crippen molar-refractivity contribution in [2.45, 2.75) is 19.0 Å². The van der Waals surface area contributed by atoms with Crippen LogP contribution in [0.2, 0.25) is 0 Å². The first-order valence-corrected chi connectivity index (χ1v) is 9.93. The zero-order valence-electron chi connectivity index (χ0n) is 17.0. The van der Waals surface area contributed by atoms with Gasteiger partial charge in [-0.1, -0.05) is 17.9 Å². The number of Topliss-reactive ketones (excluding diaryl/α,β-unsaturated/α-hetero) is 1. The van der Waals surface area contributed by atoms with Crippen molar-refractivity contribution in [1.29, 1.82) is 0 Å². The molecule has 1 fully saturated rings. The summed E-state index contributed by atoms with van der Waals surface area (Å²) < 4.78 is 7.15. The summed E-state index contributed by atoms with van der Waals surface area (Å²) in [5, 5.41) is 13.3. The van der Waals surface area contributed by atoms with Gasteiger partial charge in [-0.25, -0.2) is 4.57 Å². The lowest BCUT2D eigenvalue weighted by molar-refractivity contribution is -0.695. The van der Waals surface area contributed by atoms with Gasteiger partial charge in [0.25, 0.3) is 5.91 Å². The summed E-state index contributed by atoms with van der Waals surface area (Å²) in [5.41, 5.74) is 0.938. The Morgan fingerprint density at radius 2 is 2.06 bits per heavy atom. The average molecular weight is 418 g/mol. The number of carbonyl (C=O) groups is 2. The number of aromatic nitrogens is 3. The van der Waals surface area contributed by atoms with E-state index in [1.807, 2.05) is 23.3 Å². The maximum Gasteiger partial charge on any atom is 0.295 e. The molecule has 3 heterocycles. The van der Waals surface area contributed by atoms with Crippen LogP contribution in [0.25, 0.3) is 5.76 Å². The molecule has 2 aromatic heterocycles. The molecule has 8 nitrogen and oxygen atoms in total. The number of hydrogen-bond donors (Lipinski definition) is 1. The van der Waals surface area contributed by atoms with Crippen LogP contribution in [0, 0.1) is 0 Å². The first kappa shape index (κ1) is 20.3. The second-order valence-electron chi connectivity index (χ2n) is 7.19. The van der Waals surface area contributed by atoms with E-state index < -0.39 is 23.5 Å². The average Bonchev–Trinajstić information content (AvgIpc) is 3.41. The Morgan fingerprint density at radius 3 is 2.77 bits per heavy atom. The van der Waals surface area contributed by atoms with Crippen LogP contribution in [-0.2, 0) is 16.1 Å². The third-order valence-electron chi connectivity index (χ3n) is 5.30. The van der Waals surface area contributed by atoms with Gasteiger partial charge in [-0.05, 0) is 35.4 Å². The predicted octanol–water partition coefficient (Wildman–Crippen LogP) is 1.02. The van der Waals surface area contributed by atoms with Gasteiger partial charge in [-0.15, -0.1) is 0 Å². The van der Waals surface area contributed by atoms with Gasteiger partial charge in [0.05, 0.1) is 19.7 Å². The zero-order chi connectivity index (χ0) is 21.8. The van der Waals surface area contributed by atoms with E-state index in [2.05, 4.69) is 9.97 Å². The Hall–Kier alpha value is -3.94. The summed E-state index contributed by atoms with van der Waals surface area (Å²) in [6.45, 7) is 1.01. The van der Waals surface area contributed by atoms with Crippen molar-refractivity contribution in [2.24, 2.45) is 0 Å². The summed E-state index contributed by atoms with van der Waals surface area (Å²) >= 11 is 0. The van der Waals surface area contributed by atoms with Gasteiger partial charge in [-0.2, -0.15) is 0 Å². The fourth-order valence-electron chi connectivity index (χ4n) is 3.80. The minimum atomic E-state index is -0.760. The largest absolute Gasteiger partial charge is 0.872 e. The van der Waals surface area contributed by atoms with Crippen molar-refractivity contribution < 1.29 is 24.0 Å². The number of hydrogen-bond acceptors (Lipinski definition) is 5. The predicted molar refractivity (Wildman–Crippen MR) is 109 cm³/mol. The van der Waals surface area contributed by atoms with Gasteiger partial charge >= 0.3 is 0 Å². The molecule has 3 aromatic rings. The van der Waals surface area contributed by atoms with E-state index in [-0.39, 0.29) is 5.57 Å². The van der Waals surface area contributed by atoms with Crippen molar-refractivity contribution in [3.05, 3.63) is 84.2 Å². The van der Waals surface area contributed by atoms with Crippen LogP contribution in [0.4, 0.5) is 0 Å². The van der Waals surface area contributed by atoms with Crippen molar-refractivity contribution in [3.8, 4) is 5.75 Å². The van der Waals surface area contributed by atoms with E-state index in [9.17, 15) is 14.7 Å². The molecule has 0 saturated carbocycles. The molecule has 1 unspecified atom stereocenters. The third-order valence-corrected chi connectivity index (χ3v) is 5.30. The molecule has 0 aliphatic carbocycles. The second kappa shape index (κ2) is 8.83. The number of benzene rings is 1. The van der Waals surface area contributed by atoms with Crippen LogP contribution in [-0.4, -0.2) is 40.2 Å².